The minimum atomic E-state index is 0.511. The van der Waals surface area contributed by atoms with Crippen molar-refractivity contribution in [3.05, 3.63) is 52.4 Å². The lowest BCUT2D eigenvalue weighted by Crippen LogP contribution is -2.02. The Morgan fingerprint density at radius 3 is 2.50 bits per heavy atom. The van der Waals surface area contributed by atoms with Crippen molar-refractivity contribution in [3.8, 4) is 0 Å². The van der Waals surface area contributed by atoms with Gasteiger partial charge in [-0.15, -0.1) is 0 Å². The van der Waals surface area contributed by atoms with Crippen molar-refractivity contribution in [3.63, 3.8) is 0 Å². The fourth-order valence-electron chi connectivity index (χ4n) is 1.52. The van der Waals surface area contributed by atoms with Gasteiger partial charge in [-0.05, 0) is 24.6 Å². The van der Waals surface area contributed by atoms with Crippen LogP contribution in [0.5, 0.6) is 0 Å². The topological polar surface area (TPSA) is 51.8 Å². The average Bonchev–Trinajstić information content (AvgIpc) is 2.20. The Morgan fingerprint density at radius 1 is 1.19 bits per heavy atom. The zero-order valence-electron chi connectivity index (χ0n) is 8.94. The molecule has 3 nitrogen and oxygen atoms in total. The summed E-state index contributed by atoms with van der Waals surface area (Å²) in [5.41, 5.74) is 7.67. The summed E-state index contributed by atoms with van der Waals surface area (Å²) in [4.78, 5) is 8.51. The second-order valence-electron chi connectivity index (χ2n) is 3.65. The zero-order chi connectivity index (χ0) is 11.5. The van der Waals surface area contributed by atoms with Crippen LogP contribution >= 0.6 is 11.6 Å². The second kappa shape index (κ2) is 4.49. The molecule has 0 aliphatic carbocycles. The van der Waals surface area contributed by atoms with E-state index in [1.165, 1.54) is 0 Å². The highest BCUT2D eigenvalue weighted by Gasteiger charge is 2.01. The summed E-state index contributed by atoms with van der Waals surface area (Å²) in [6.45, 7) is 1.91. The normalized spacial score (nSPS) is 10.4. The van der Waals surface area contributed by atoms with E-state index in [-0.39, 0.29) is 0 Å². The van der Waals surface area contributed by atoms with Gasteiger partial charge in [0.25, 0.3) is 0 Å². The van der Waals surface area contributed by atoms with Gasteiger partial charge < -0.3 is 5.73 Å². The smallest absolute Gasteiger partial charge is 0.135 e. The Labute approximate surface area is 99.3 Å². The maximum Gasteiger partial charge on any atom is 0.135 e. The molecule has 1 heterocycles. The van der Waals surface area contributed by atoms with E-state index < -0.39 is 0 Å². The van der Waals surface area contributed by atoms with Crippen LogP contribution in [0.15, 0.2) is 30.3 Å². The Kier molecular flexibility index (Phi) is 3.06. The summed E-state index contributed by atoms with van der Waals surface area (Å²) in [6, 6.07) is 9.39. The van der Waals surface area contributed by atoms with E-state index in [0.29, 0.717) is 12.2 Å². The summed E-state index contributed by atoms with van der Waals surface area (Å²) in [6.07, 6.45) is 0.670. The van der Waals surface area contributed by atoms with Gasteiger partial charge in [-0.2, -0.15) is 0 Å². The van der Waals surface area contributed by atoms with Crippen LogP contribution in [0.3, 0.4) is 0 Å². The number of benzene rings is 1. The number of halogens is 1. The zero-order valence-corrected chi connectivity index (χ0v) is 9.70. The summed E-state index contributed by atoms with van der Waals surface area (Å²) in [5.74, 6) is 1.25. The van der Waals surface area contributed by atoms with Crippen LogP contribution in [0.2, 0.25) is 5.02 Å². The lowest BCUT2D eigenvalue weighted by atomic mass is 10.1. The molecule has 0 amide bonds. The SMILES string of the molecule is Cc1cc(N)nc(Cc2ccc(Cl)cc2)n1. The van der Waals surface area contributed by atoms with Gasteiger partial charge in [-0.3, -0.25) is 0 Å². The Morgan fingerprint density at radius 2 is 1.88 bits per heavy atom. The molecule has 0 radical (unpaired) electrons. The summed E-state index contributed by atoms with van der Waals surface area (Å²) >= 11 is 5.81. The molecule has 0 saturated heterocycles. The van der Waals surface area contributed by atoms with Crippen LogP contribution in [0, 0.1) is 6.92 Å². The molecule has 1 aromatic carbocycles. The van der Waals surface area contributed by atoms with E-state index in [1.54, 1.807) is 6.07 Å². The first-order valence-corrected chi connectivity index (χ1v) is 5.36. The molecule has 0 bridgehead atoms. The molecule has 82 valence electrons. The molecule has 0 spiro atoms. The first kappa shape index (κ1) is 10.9. The highest BCUT2D eigenvalue weighted by Crippen LogP contribution is 2.12. The standard InChI is InChI=1S/C12H12ClN3/c1-8-6-11(14)16-12(15-8)7-9-2-4-10(13)5-3-9/h2-6H,7H2,1H3,(H2,14,15,16). The van der Waals surface area contributed by atoms with Crippen LogP contribution in [0.4, 0.5) is 5.82 Å². The van der Waals surface area contributed by atoms with Gasteiger partial charge in [0.1, 0.15) is 11.6 Å². The molecule has 0 unspecified atom stereocenters. The minimum absolute atomic E-state index is 0.511. The Balaban J connectivity index is 2.23. The third kappa shape index (κ3) is 2.70. The van der Waals surface area contributed by atoms with Gasteiger partial charge >= 0.3 is 0 Å². The predicted octanol–water partition coefficient (Wildman–Crippen LogP) is 2.61. The molecule has 0 saturated carbocycles. The van der Waals surface area contributed by atoms with E-state index >= 15 is 0 Å². The summed E-state index contributed by atoms with van der Waals surface area (Å²) < 4.78 is 0. The molecule has 2 rings (SSSR count). The van der Waals surface area contributed by atoms with Crippen molar-refractivity contribution < 1.29 is 0 Å². The van der Waals surface area contributed by atoms with E-state index in [2.05, 4.69) is 9.97 Å². The van der Waals surface area contributed by atoms with Crippen LogP contribution < -0.4 is 5.73 Å². The van der Waals surface area contributed by atoms with E-state index in [0.717, 1.165) is 22.1 Å². The molecule has 2 aromatic rings. The number of nitrogens with two attached hydrogens (primary N) is 1. The van der Waals surface area contributed by atoms with E-state index in [1.807, 2.05) is 31.2 Å². The molecular formula is C12H12ClN3. The highest BCUT2D eigenvalue weighted by atomic mass is 35.5. The quantitative estimate of drug-likeness (QED) is 0.868. The third-order valence-corrected chi connectivity index (χ3v) is 2.45. The number of rotatable bonds is 2. The maximum atomic E-state index is 5.81. The molecule has 0 aliphatic heterocycles. The van der Waals surface area contributed by atoms with Gasteiger partial charge in [0.05, 0.1) is 0 Å². The molecule has 16 heavy (non-hydrogen) atoms. The van der Waals surface area contributed by atoms with Crippen molar-refractivity contribution in [2.45, 2.75) is 13.3 Å². The number of nitrogens with zero attached hydrogens (tertiary/aromatic N) is 2. The van der Waals surface area contributed by atoms with Crippen molar-refractivity contribution in [2.24, 2.45) is 0 Å². The van der Waals surface area contributed by atoms with Crippen molar-refractivity contribution in [1.29, 1.82) is 0 Å². The molecule has 0 fully saturated rings. The van der Waals surface area contributed by atoms with Crippen LogP contribution in [-0.2, 0) is 6.42 Å². The molecule has 2 N–H and O–H groups in total. The van der Waals surface area contributed by atoms with Gasteiger partial charge in [-0.1, -0.05) is 23.7 Å². The second-order valence-corrected chi connectivity index (χ2v) is 4.09. The number of anilines is 1. The molecule has 4 heteroatoms. The Bertz CT molecular complexity index is 474. The van der Waals surface area contributed by atoms with Gasteiger partial charge in [0.2, 0.25) is 0 Å². The van der Waals surface area contributed by atoms with Crippen molar-refractivity contribution >= 4 is 17.4 Å². The van der Waals surface area contributed by atoms with Crippen LogP contribution in [0.25, 0.3) is 0 Å². The number of aryl methyl sites for hydroxylation is 1. The highest BCUT2D eigenvalue weighted by molar-refractivity contribution is 6.30. The monoisotopic (exact) mass is 233 g/mol. The van der Waals surface area contributed by atoms with E-state index in [4.69, 9.17) is 17.3 Å². The molecule has 0 atom stereocenters. The van der Waals surface area contributed by atoms with Crippen LogP contribution in [0.1, 0.15) is 17.1 Å². The van der Waals surface area contributed by atoms with Gasteiger partial charge in [-0.25, -0.2) is 9.97 Å². The van der Waals surface area contributed by atoms with Crippen LogP contribution in [-0.4, -0.2) is 9.97 Å². The predicted molar refractivity (Wildman–Crippen MR) is 65.4 cm³/mol. The molecule has 1 aromatic heterocycles. The number of hydrogen-bond donors (Lipinski definition) is 1. The number of nitrogen functional groups attached to an aromatic ring is 1. The first-order chi connectivity index (χ1) is 7.63. The van der Waals surface area contributed by atoms with Gasteiger partial charge in [0.15, 0.2) is 0 Å². The average molecular weight is 234 g/mol. The van der Waals surface area contributed by atoms with Crippen molar-refractivity contribution in [1.82, 2.24) is 9.97 Å². The van der Waals surface area contributed by atoms with Crippen molar-refractivity contribution in [2.75, 3.05) is 5.73 Å². The lowest BCUT2D eigenvalue weighted by molar-refractivity contribution is 0.948. The fraction of sp³-hybridized carbons (Fsp3) is 0.167. The summed E-state index contributed by atoms with van der Waals surface area (Å²) in [7, 11) is 0. The number of hydrogen-bond acceptors (Lipinski definition) is 3. The lowest BCUT2D eigenvalue weighted by Gasteiger charge is -2.03. The molecular weight excluding hydrogens is 222 g/mol. The largest absolute Gasteiger partial charge is 0.384 e. The summed E-state index contributed by atoms with van der Waals surface area (Å²) in [5, 5.41) is 0.730. The molecule has 0 aliphatic rings. The number of aromatic nitrogens is 2. The van der Waals surface area contributed by atoms with E-state index in [9.17, 15) is 0 Å². The maximum absolute atomic E-state index is 5.81. The van der Waals surface area contributed by atoms with Gasteiger partial charge in [0, 0.05) is 23.2 Å². The first-order valence-electron chi connectivity index (χ1n) is 4.98. The minimum Gasteiger partial charge on any atom is -0.384 e. The third-order valence-electron chi connectivity index (χ3n) is 2.20. The Hall–Kier alpha value is -1.61. The fourth-order valence-corrected chi connectivity index (χ4v) is 1.65.